The zero-order valence-electron chi connectivity index (χ0n) is 12.4. The molecule has 0 atom stereocenters. The molecule has 114 valence electrons. The molecule has 0 fully saturated rings. The number of carbonyl (C=O) groups excluding carboxylic acids is 1. The van der Waals surface area contributed by atoms with Crippen LogP contribution in [0.15, 0.2) is 77.5 Å². The zero-order chi connectivity index (χ0) is 15.9. The summed E-state index contributed by atoms with van der Waals surface area (Å²) in [7, 11) is 0. The van der Waals surface area contributed by atoms with Crippen LogP contribution in [0.1, 0.15) is 5.56 Å². The minimum Gasteiger partial charge on any atom is -0.356 e. The van der Waals surface area contributed by atoms with Gasteiger partial charge in [-0.25, -0.2) is 0 Å². The van der Waals surface area contributed by atoms with E-state index >= 15 is 0 Å². The second kappa shape index (κ2) is 7.42. The molecule has 0 spiro atoms. The SMILES string of the molecule is O=C(/C=C/c1ccsc1)Nc1ccc(Nc2ccccc2)cc1. The number of benzene rings is 2. The van der Waals surface area contributed by atoms with E-state index in [-0.39, 0.29) is 5.91 Å². The molecule has 23 heavy (non-hydrogen) atoms. The fraction of sp³-hybridized carbons (Fsp3) is 0. The summed E-state index contributed by atoms with van der Waals surface area (Å²) in [6, 6.07) is 19.6. The Morgan fingerprint density at radius 3 is 2.26 bits per heavy atom. The fourth-order valence-electron chi connectivity index (χ4n) is 2.05. The summed E-state index contributed by atoms with van der Waals surface area (Å²) in [5, 5.41) is 10.1. The van der Waals surface area contributed by atoms with E-state index in [2.05, 4.69) is 10.6 Å². The van der Waals surface area contributed by atoms with Gasteiger partial charge >= 0.3 is 0 Å². The first-order chi connectivity index (χ1) is 11.3. The van der Waals surface area contributed by atoms with E-state index in [4.69, 9.17) is 0 Å². The highest BCUT2D eigenvalue weighted by molar-refractivity contribution is 7.08. The molecule has 2 aromatic carbocycles. The number of rotatable bonds is 5. The number of para-hydroxylation sites is 1. The number of anilines is 3. The lowest BCUT2D eigenvalue weighted by Gasteiger charge is -2.07. The lowest BCUT2D eigenvalue weighted by Crippen LogP contribution is -2.07. The maximum absolute atomic E-state index is 11.9. The molecule has 1 amide bonds. The molecule has 0 aliphatic rings. The molecule has 0 radical (unpaired) electrons. The third kappa shape index (κ3) is 4.56. The van der Waals surface area contributed by atoms with E-state index in [1.54, 1.807) is 17.4 Å². The highest BCUT2D eigenvalue weighted by Crippen LogP contribution is 2.18. The van der Waals surface area contributed by atoms with Crippen molar-refractivity contribution in [1.82, 2.24) is 0 Å². The van der Waals surface area contributed by atoms with Crippen LogP contribution in [-0.4, -0.2) is 5.91 Å². The third-order valence-corrected chi connectivity index (χ3v) is 3.89. The first-order valence-corrected chi connectivity index (χ1v) is 8.17. The summed E-state index contributed by atoms with van der Waals surface area (Å²) in [6.45, 7) is 0. The lowest BCUT2D eigenvalue weighted by molar-refractivity contribution is -0.111. The van der Waals surface area contributed by atoms with Gasteiger partial charge in [0.15, 0.2) is 0 Å². The van der Waals surface area contributed by atoms with Crippen molar-refractivity contribution in [3.63, 3.8) is 0 Å². The molecule has 0 aliphatic heterocycles. The van der Waals surface area contributed by atoms with Crippen molar-refractivity contribution in [3.8, 4) is 0 Å². The Morgan fingerprint density at radius 2 is 1.57 bits per heavy atom. The Hall–Kier alpha value is -2.85. The summed E-state index contributed by atoms with van der Waals surface area (Å²) in [5.41, 5.74) is 3.81. The van der Waals surface area contributed by atoms with Crippen molar-refractivity contribution in [2.24, 2.45) is 0 Å². The largest absolute Gasteiger partial charge is 0.356 e. The maximum atomic E-state index is 11.9. The van der Waals surface area contributed by atoms with Crippen LogP contribution in [-0.2, 0) is 4.79 Å². The van der Waals surface area contributed by atoms with Gasteiger partial charge in [0.1, 0.15) is 0 Å². The van der Waals surface area contributed by atoms with Crippen molar-refractivity contribution < 1.29 is 4.79 Å². The number of amides is 1. The van der Waals surface area contributed by atoms with Crippen LogP contribution in [0.5, 0.6) is 0 Å². The van der Waals surface area contributed by atoms with Crippen molar-refractivity contribution in [2.75, 3.05) is 10.6 Å². The van der Waals surface area contributed by atoms with E-state index in [0.717, 1.165) is 22.6 Å². The van der Waals surface area contributed by atoms with Crippen molar-refractivity contribution in [3.05, 3.63) is 83.1 Å². The Kier molecular flexibility index (Phi) is 4.86. The van der Waals surface area contributed by atoms with Crippen LogP contribution in [0.2, 0.25) is 0 Å². The summed E-state index contributed by atoms with van der Waals surface area (Å²) >= 11 is 1.61. The zero-order valence-corrected chi connectivity index (χ0v) is 13.2. The minimum absolute atomic E-state index is 0.139. The molecule has 0 aliphatic carbocycles. The molecular weight excluding hydrogens is 304 g/mol. The Bertz CT molecular complexity index is 778. The molecular formula is C19H16N2OS. The Morgan fingerprint density at radius 1 is 0.870 bits per heavy atom. The smallest absolute Gasteiger partial charge is 0.248 e. The van der Waals surface area contributed by atoms with Gasteiger partial charge in [-0.2, -0.15) is 11.3 Å². The van der Waals surface area contributed by atoms with Crippen molar-refractivity contribution >= 4 is 40.4 Å². The van der Waals surface area contributed by atoms with Crippen LogP contribution in [0, 0.1) is 0 Å². The maximum Gasteiger partial charge on any atom is 0.248 e. The van der Waals surface area contributed by atoms with E-state index in [1.165, 1.54) is 6.08 Å². The second-order valence-corrected chi connectivity index (χ2v) is 5.73. The molecule has 0 unspecified atom stereocenters. The van der Waals surface area contributed by atoms with Crippen molar-refractivity contribution in [1.29, 1.82) is 0 Å². The second-order valence-electron chi connectivity index (χ2n) is 4.95. The Balaban J connectivity index is 1.58. The number of hydrogen-bond donors (Lipinski definition) is 2. The van der Waals surface area contributed by atoms with Gasteiger partial charge in [-0.15, -0.1) is 0 Å². The van der Waals surface area contributed by atoms with E-state index in [0.29, 0.717) is 0 Å². The topological polar surface area (TPSA) is 41.1 Å². The minimum atomic E-state index is -0.139. The van der Waals surface area contributed by atoms with Gasteiger partial charge in [-0.05, 0) is 64.9 Å². The molecule has 1 aromatic heterocycles. The van der Waals surface area contributed by atoms with Crippen LogP contribution in [0.25, 0.3) is 6.08 Å². The van der Waals surface area contributed by atoms with E-state index < -0.39 is 0 Å². The average Bonchev–Trinajstić information content (AvgIpc) is 3.09. The van der Waals surface area contributed by atoms with Gasteiger partial charge < -0.3 is 10.6 Å². The molecule has 0 saturated carbocycles. The van der Waals surface area contributed by atoms with Crippen LogP contribution in [0.3, 0.4) is 0 Å². The quantitative estimate of drug-likeness (QED) is 0.639. The fourth-order valence-corrected chi connectivity index (χ4v) is 2.68. The average molecular weight is 320 g/mol. The van der Waals surface area contributed by atoms with Crippen LogP contribution in [0.4, 0.5) is 17.1 Å². The standard InChI is InChI=1S/C19H16N2OS/c22-19(11-6-15-12-13-23-14-15)21-18-9-7-17(8-10-18)20-16-4-2-1-3-5-16/h1-14,20H,(H,21,22)/b11-6+. The predicted molar refractivity (Wildman–Crippen MR) is 98.1 cm³/mol. The first kappa shape index (κ1) is 15.1. The third-order valence-electron chi connectivity index (χ3n) is 3.19. The van der Waals surface area contributed by atoms with Gasteiger partial charge in [0.25, 0.3) is 0 Å². The van der Waals surface area contributed by atoms with Gasteiger partial charge in [-0.1, -0.05) is 18.2 Å². The van der Waals surface area contributed by atoms with Gasteiger partial charge in [-0.3, -0.25) is 4.79 Å². The molecule has 0 bridgehead atoms. The Labute approximate surface area is 139 Å². The molecule has 3 nitrogen and oxygen atoms in total. The molecule has 2 N–H and O–H groups in total. The normalized spacial score (nSPS) is 10.6. The van der Waals surface area contributed by atoms with E-state index in [1.807, 2.05) is 71.4 Å². The van der Waals surface area contributed by atoms with Gasteiger partial charge in [0, 0.05) is 23.1 Å². The molecule has 1 heterocycles. The summed E-state index contributed by atoms with van der Waals surface area (Å²) in [4.78, 5) is 11.9. The highest BCUT2D eigenvalue weighted by Gasteiger charge is 1.99. The molecule has 4 heteroatoms. The summed E-state index contributed by atoms with van der Waals surface area (Å²) in [6.07, 6.45) is 3.34. The lowest BCUT2D eigenvalue weighted by atomic mass is 10.2. The number of carbonyl (C=O) groups is 1. The molecule has 3 aromatic rings. The number of thiophene rings is 1. The summed E-state index contributed by atoms with van der Waals surface area (Å²) < 4.78 is 0. The van der Waals surface area contributed by atoms with Crippen LogP contribution < -0.4 is 10.6 Å². The van der Waals surface area contributed by atoms with Crippen LogP contribution >= 0.6 is 11.3 Å². The number of nitrogens with one attached hydrogen (secondary N) is 2. The van der Waals surface area contributed by atoms with E-state index in [9.17, 15) is 4.79 Å². The van der Waals surface area contributed by atoms with Gasteiger partial charge in [0.2, 0.25) is 5.91 Å². The molecule has 3 rings (SSSR count). The first-order valence-electron chi connectivity index (χ1n) is 7.23. The predicted octanol–water partition coefficient (Wildman–Crippen LogP) is 5.14. The summed E-state index contributed by atoms with van der Waals surface area (Å²) in [5.74, 6) is -0.139. The monoisotopic (exact) mass is 320 g/mol. The number of hydrogen-bond acceptors (Lipinski definition) is 3. The van der Waals surface area contributed by atoms with Crippen molar-refractivity contribution in [2.45, 2.75) is 0 Å². The molecule has 0 saturated heterocycles. The highest BCUT2D eigenvalue weighted by atomic mass is 32.1. The van der Waals surface area contributed by atoms with Gasteiger partial charge in [0.05, 0.1) is 0 Å².